The summed E-state index contributed by atoms with van der Waals surface area (Å²) in [5.74, 6) is 0.812. The van der Waals surface area contributed by atoms with Crippen LogP contribution in [0, 0.1) is 6.92 Å². The van der Waals surface area contributed by atoms with E-state index in [1.165, 1.54) is 5.54 Å². The molecular weight excluding hydrogens is 250 g/mol. The van der Waals surface area contributed by atoms with Gasteiger partial charge < -0.3 is 0 Å². The number of aryl methyl sites for hydroxylation is 1. The van der Waals surface area contributed by atoms with Crippen molar-refractivity contribution in [2.24, 2.45) is 0 Å². The average molecular weight is 264 g/mol. The Labute approximate surface area is 99.8 Å². The van der Waals surface area contributed by atoms with Crippen molar-refractivity contribution in [3.05, 3.63) is 22.8 Å². The van der Waals surface area contributed by atoms with Gasteiger partial charge in [-0.3, -0.25) is 5.10 Å². The molecule has 1 rings (SSSR count). The Morgan fingerprint density at radius 3 is 2.69 bits per heavy atom. The fraction of sp³-hybridized carbons (Fsp3) is 0.556. The van der Waals surface area contributed by atoms with Crippen LogP contribution < -0.4 is 0 Å². The smallest absolute Gasteiger partial charge is 0.168 e. The number of hydrogen-bond acceptors (Lipinski definition) is 4. The first-order valence-corrected chi connectivity index (χ1v) is 6.88. The Morgan fingerprint density at radius 2 is 2.25 bits per heavy atom. The van der Waals surface area contributed by atoms with E-state index >= 15 is 0 Å². The van der Waals surface area contributed by atoms with Gasteiger partial charge in [0.1, 0.15) is 11.1 Å². The molecule has 1 N–H and O–H groups in total. The summed E-state index contributed by atoms with van der Waals surface area (Å²) >= 11 is 5.45. The summed E-state index contributed by atoms with van der Waals surface area (Å²) in [4.78, 5) is 4.01. The number of aromatic amines is 1. The van der Waals surface area contributed by atoms with E-state index in [0.29, 0.717) is 17.2 Å². The predicted molar refractivity (Wildman–Crippen MR) is 62.9 cm³/mol. The first kappa shape index (κ1) is 13.2. The fourth-order valence-electron chi connectivity index (χ4n) is 1.18. The summed E-state index contributed by atoms with van der Waals surface area (Å²) in [6.07, 6.45) is 0. The highest BCUT2D eigenvalue weighted by Crippen LogP contribution is 2.20. The number of nitrogens with one attached hydrogen (secondary N) is 1. The molecule has 1 heterocycles. The molecule has 0 fully saturated rings. The van der Waals surface area contributed by atoms with E-state index in [-0.39, 0.29) is 5.75 Å². The van der Waals surface area contributed by atoms with Crippen LogP contribution in [-0.4, -0.2) is 29.4 Å². The molecule has 7 heteroatoms. The summed E-state index contributed by atoms with van der Waals surface area (Å²) in [5, 5.41) is 5.74. The maximum absolute atomic E-state index is 11.9. The van der Waals surface area contributed by atoms with E-state index in [0.717, 1.165) is 0 Å². The zero-order chi connectivity index (χ0) is 12.3. The molecule has 5 nitrogen and oxygen atoms in total. The van der Waals surface area contributed by atoms with Crippen LogP contribution in [0.4, 0.5) is 0 Å². The van der Waals surface area contributed by atoms with Crippen molar-refractivity contribution in [2.75, 3.05) is 5.75 Å². The SMILES string of the molecule is C/C(=C\Cl)CS(=O)(=O)C(C)c1n[nH]c(C)n1. The Balaban J connectivity index is 2.93. The number of H-pyrrole nitrogens is 1. The highest BCUT2D eigenvalue weighted by molar-refractivity contribution is 7.91. The zero-order valence-electron chi connectivity index (χ0n) is 9.36. The van der Waals surface area contributed by atoms with Crippen LogP contribution >= 0.6 is 11.6 Å². The minimum absolute atomic E-state index is 0.0781. The van der Waals surface area contributed by atoms with Crippen LogP contribution in [0.5, 0.6) is 0 Å². The van der Waals surface area contributed by atoms with Crippen LogP contribution in [0.15, 0.2) is 11.1 Å². The number of halogens is 1. The van der Waals surface area contributed by atoms with E-state index in [4.69, 9.17) is 11.6 Å². The Morgan fingerprint density at radius 1 is 1.62 bits per heavy atom. The molecule has 0 aliphatic rings. The lowest BCUT2D eigenvalue weighted by Gasteiger charge is -2.09. The third-order valence-electron chi connectivity index (χ3n) is 2.13. The number of rotatable bonds is 4. The van der Waals surface area contributed by atoms with E-state index in [2.05, 4.69) is 15.2 Å². The molecule has 1 aromatic heterocycles. The van der Waals surface area contributed by atoms with Gasteiger partial charge in [-0.05, 0) is 26.3 Å². The van der Waals surface area contributed by atoms with Gasteiger partial charge in [0.05, 0.1) is 5.75 Å². The second-order valence-electron chi connectivity index (χ2n) is 3.68. The lowest BCUT2D eigenvalue weighted by Crippen LogP contribution is -2.16. The van der Waals surface area contributed by atoms with Gasteiger partial charge in [-0.25, -0.2) is 13.4 Å². The van der Waals surface area contributed by atoms with Crippen LogP contribution in [0.3, 0.4) is 0 Å². The summed E-state index contributed by atoms with van der Waals surface area (Å²) < 4.78 is 23.8. The van der Waals surface area contributed by atoms with Gasteiger partial charge in [0.2, 0.25) is 0 Å². The minimum atomic E-state index is -3.31. The summed E-state index contributed by atoms with van der Waals surface area (Å²) in [7, 11) is -3.31. The van der Waals surface area contributed by atoms with Gasteiger partial charge in [0, 0.05) is 5.54 Å². The van der Waals surface area contributed by atoms with Gasteiger partial charge >= 0.3 is 0 Å². The molecule has 0 bridgehead atoms. The molecule has 16 heavy (non-hydrogen) atoms. The van der Waals surface area contributed by atoms with Gasteiger partial charge in [-0.2, -0.15) is 5.10 Å². The molecule has 0 aliphatic carbocycles. The summed E-state index contributed by atoms with van der Waals surface area (Å²) in [6, 6.07) is 0. The van der Waals surface area contributed by atoms with E-state index in [1.54, 1.807) is 20.8 Å². The Hall–Kier alpha value is -0.880. The van der Waals surface area contributed by atoms with Crippen molar-refractivity contribution in [2.45, 2.75) is 26.0 Å². The largest absolute Gasteiger partial charge is 0.263 e. The molecule has 0 saturated heterocycles. The van der Waals surface area contributed by atoms with Crippen LogP contribution in [0.1, 0.15) is 30.7 Å². The molecule has 0 aliphatic heterocycles. The van der Waals surface area contributed by atoms with Crippen molar-refractivity contribution >= 4 is 21.4 Å². The highest BCUT2D eigenvalue weighted by atomic mass is 35.5. The molecule has 0 aromatic carbocycles. The quantitative estimate of drug-likeness (QED) is 0.898. The van der Waals surface area contributed by atoms with Gasteiger partial charge in [0.15, 0.2) is 15.7 Å². The van der Waals surface area contributed by atoms with Crippen molar-refractivity contribution < 1.29 is 8.42 Å². The highest BCUT2D eigenvalue weighted by Gasteiger charge is 2.26. The second kappa shape index (κ2) is 4.97. The van der Waals surface area contributed by atoms with Gasteiger partial charge in [-0.1, -0.05) is 11.6 Å². The lowest BCUT2D eigenvalue weighted by molar-refractivity contribution is 0.585. The van der Waals surface area contributed by atoms with E-state index in [9.17, 15) is 8.42 Å². The number of hydrogen-bond donors (Lipinski definition) is 1. The lowest BCUT2D eigenvalue weighted by atomic mass is 10.4. The predicted octanol–water partition coefficient (Wildman–Crippen LogP) is 1.73. The summed E-state index contributed by atoms with van der Waals surface area (Å²) in [5.41, 5.74) is 1.87. The monoisotopic (exact) mass is 263 g/mol. The maximum atomic E-state index is 11.9. The molecule has 0 radical (unpaired) electrons. The fourth-order valence-corrected chi connectivity index (χ4v) is 2.74. The molecule has 1 unspecified atom stereocenters. The number of nitrogens with zero attached hydrogens (tertiary/aromatic N) is 2. The third kappa shape index (κ3) is 3.05. The summed E-state index contributed by atoms with van der Waals surface area (Å²) in [6.45, 7) is 4.96. The average Bonchev–Trinajstić information content (AvgIpc) is 2.62. The molecule has 1 atom stereocenters. The van der Waals surface area contributed by atoms with Crippen molar-refractivity contribution in [1.29, 1.82) is 0 Å². The number of aromatic nitrogens is 3. The van der Waals surface area contributed by atoms with Gasteiger partial charge in [0.25, 0.3) is 0 Å². The van der Waals surface area contributed by atoms with E-state index < -0.39 is 15.1 Å². The molecule has 90 valence electrons. The maximum Gasteiger partial charge on any atom is 0.168 e. The first-order valence-electron chi connectivity index (χ1n) is 4.73. The Kier molecular flexibility index (Phi) is 4.09. The van der Waals surface area contributed by atoms with E-state index in [1.807, 2.05) is 0 Å². The molecule has 0 amide bonds. The third-order valence-corrected chi connectivity index (χ3v) is 4.65. The van der Waals surface area contributed by atoms with Crippen LogP contribution in [-0.2, 0) is 9.84 Å². The zero-order valence-corrected chi connectivity index (χ0v) is 10.9. The van der Waals surface area contributed by atoms with Crippen LogP contribution in [0.25, 0.3) is 0 Å². The van der Waals surface area contributed by atoms with Crippen molar-refractivity contribution in [1.82, 2.24) is 15.2 Å². The number of sulfone groups is 1. The first-order chi connectivity index (χ1) is 7.36. The normalized spacial score (nSPS) is 15.1. The molecule has 1 aromatic rings. The standard InChI is InChI=1S/C9H14ClN3O2S/c1-6(4-10)5-16(14,15)7(2)9-11-8(3)12-13-9/h4,7H,5H2,1-3H3,(H,11,12,13)/b6-4+. The minimum Gasteiger partial charge on any atom is -0.263 e. The molecule has 0 spiro atoms. The van der Waals surface area contributed by atoms with Crippen molar-refractivity contribution in [3.63, 3.8) is 0 Å². The molecular formula is C9H14ClN3O2S. The van der Waals surface area contributed by atoms with Gasteiger partial charge in [-0.15, -0.1) is 0 Å². The topological polar surface area (TPSA) is 75.7 Å². The molecule has 0 saturated carbocycles. The van der Waals surface area contributed by atoms with Crippen LogP contribution in [0.2, 0.25) is 0 Å². The Bertz CT molecular complexity index is 493. The second-order valence-corrected chi connectivity index (χ2v) is 6.22. The van der Waals surface area contributed by atoms with Crippen molar-refractivity contribution in [3.8, 4) is 0 Å².